The highest BCUT2D eigenvalue weighted by Crippen LogP contribution is 2.37. The molecule has 1 aromatic heterocycles. The van der Waals surface area contributed by atoms with Crippen LogP contribution in [0.3, 0.4) is 0 Å². The predicted molar refractivity (Wildman–Crippen MR) is 171 cm³/mol. The number of sulfonamides is 1. The number of hydrogen-bond donors (Lipinski definition) is 3. The number of fused-ring (bicyclic) bond motifs is 1. The number of carbonyl (C=O) groups excluding carboxylic acids is 1. The van der Waals surface area contributed by atoms with Crippen LogP contribution in [0.5, 0.6) is 0 Å². The lowest BCUT2D eigenvalue weighted by molar-refractivity contribution is -0.116. The van der Waals surface area contributed by atoms with E-state index in [2.05, 4.69) is 10.3 Å². The second-order valence-electron chi connectivity index (χ2n) is 11.0. The first-order chi connectivity index (χ1) is 21.1. The lowest BCUT2D eigenvalue weighted by atomic mass is 9.85. The maximum Gasteiger partial charge on any atom is 0.243 e. The summed E-state index contributed by atoms with van der Waals surface area (Å²) < 4.78 is 44.8. The highest BCUT2D eigenvalue weighted by molar-refractivity contribution is 7.89. The van der Waals surface area contributed by atoms with Crippen molar-refractivity contribution in [3.05, 3.63) is 113 Å². The number of carbonyl (C=O) groups is 1. The van der Waals surface area contributed by atoms with E-state index < -0.39 is 21.8 Å². The van der Waals surface area contributed by atoms with E-state index in [1.165, 1.54) is 15.5 Å². The van der Waals surface area contributed by atoms with Crippen molar-refractivity contribution in [1.29, 1.82) is 0 Å². The fourth-order valence-corrected chi connectivity index (χ4v) is 7.34. The molecule has 0 saturated carbocycles. The number of nitrogen functional groups attached to an aromatic ring is 1. The van der Waals surface area contributed by atoms with Crippen molar-refractivity contribution in [3.63, 3.8) is 0 Å². The Morgan fingerprint density at radius 1 is 1.14 bits per heavy atom. The van der Waals surface area contributed by atoms with Crippen LogP contribution in [0.15, 0.2) is 84.0 Å². The maximum atomic E-state index is 16.0. The number of nitrogens with two attached hydrogens (primary N) is 2. The Morgan fingerprint density at radius 3 is 2.68 bits per heavy atom. The van der Waals surface area contributed by atoms with E-state index in [-0.39, 0.29) is 30.1 Å². The highest BCUT2D eigenvalue weighted by Gasteiger charge is 2.30. The van der Waals surface area contributed by atoms with E-state index >= 15 is 4.39 Å². The van der Waals surface area contributed by atoms with Crippen molar-refractivity contribution in [1.82, 2.24) is 9.29 Å². The number of rotatable bonds is 9. The Morgan fingerprint density at radius 2 is 1.93 bits per heavy atom. The van der Waals surface area contributed by atoms with Gasteiger partial charge in [0.2, 0.25) is 15.9 Å². The van der Waals surface area contributed by atoms with Gasteiger partial charge in [-0.15, -0.1) is 0 Å². The van der Waals surface area contributed by atoms with Gasteiger partial charge in [-0.2, -0.15) is 4.31 Å². The first-order valence-electron chi connectivity index (χ1n) is 14.6. The first-order valence-corrected chi connectivity index (χ1v) is 16.0. The van der Waals surface area contributed by atoms with Crippen LogP contribution in [0.25, 0.3) is 0 Å². The van der Waals surface area contributed by atoms with Gasteiger partial charge in [-0.25, -0.2) is 18.7 Å². The molecule has 0 fully saturated rings. The Balaban J connectivity index is 1.53. The number of nitrogens with zero attached hydrogens (tertiary/aromatic N) is 3. The third kappa shape index (κ3) is 6.45. The minimum absolute atomic E-state index is 0.0946. The number of aryl methyl sites for hydroxylation is 2. The van der Waals surface area contributed by atoms with E-state index in [4.69, 9.17) is 11.6 Å². The number of aromatic nitrogens is 1. The molecule has 1 unspecified atom stereocenters. The zero-order valence-corrected chi connectivity index (χ0v) is 25.6. The highest BCUT2D eigenvalue weighted by atomic mass is 32.2. The van der Waals surface area contributed by atoms with Crippen molar-refractivity contribution in [3.8, 4) is 0 Å². The minimum Gasteiger partial charge on any atom is -0.395 e. The van der Waals surface area contributed by atoms with Gasteiger partial charge in [0, 0.05) is 38.2 Å². The number of pyridine rings is 1. The first kappa shape index (κ1) is 31.1. The molecule has 5 rings (SSSR count). The number of nitrogens with one attached hydrogen (secondary N) is 1. The Hall–Kier alpha value is -4.32. The summed E-state index contributed by atoms with van der Waals surface area (Å²) in [6.45, 7) is 4.68. The molecule has 9 nitrogen and oxygen atoms in total. The molecule has 1 atom stereocenters. The normalized spacial score (nSPS) is 15.2. The summed E-state index contributed by atoms with van der Waals surface area (Å²) in [6.07, 6.45) is 4.41. The smallest absolute Gasteiger partial charge is 0.243 e. The summed E-state index contributed by atoms with van der Waals surface area (Å²) in [5.41, 5.74) is 10.3. The minimum atomic E-state index is -3.73. The largest absolute Gasteiger partial charge is 0.395 e. The van der Waals surface area contributed by atoms with Crippen molar-refractivity contribution in [2.24, 2.45) is 5.84 Å². The van der Waals surface area contributed by atoms with E-state index in [1.54, 1.807) is 42.6 Å². The molecule has 44 heavy (non-hydrogen) atoms. The Kier molecular flexibility index (Phi) is 9.28. The lowest BCUT2D eigenvalue weighted by Gasteiger charge is -2.25. The van der Waals surface area contributed by atoms with E-state index in [0.717, 1.165) is 16.7 Å². The van der Waals surface area contributed by atoms with Gasteiger partial charge >= 0.3 is 0 Å². The zero-order chi connectivity index (χ0) is 31.4. The fraction of sp³-hybridized carbons (Fsp3) is 0.273. The number of anilines is 3. The van der Waals surface area contributed by atoms with Gasteiger partial charge in [-0.1, -0.05) is 42.5 Å². The summed E-state index contributed by atoms with van der Waals surface area (Å²) in [5, 5.41) is 4.19. The van der Waals surface area contributed by atoms with Crippen LogP contribution in [-0.4, -0.2) is 36.7 Å². The molecule has 0 aliphatic carbocycles. The van der Waals surface area contributed by atoms with Gasteiger partial charge in [0.1, 0.15) is 0 Å². The summed E-state index contributed by atoms with van der Waals surface area (Å²) in [4.78, 5) is 17.7. The van der Waals surface area contributed by atoms with Crippen LogP contribution >= 0.6 is 0 Å². The number of benzene rings is 3. The molecule has 230 valence electrons. The van der Waals surface area contributed by atoms with Gasteiger partial charge in [0.15, 0.2) is 5.82 Å². The molecule has 4 aromatic rings. The van der Waals surface area contributed by atoms with Crippen LogP contribution in [0, 0.1) is 12.7 Å². The summed E-state index contributed by atoms with van der Waals surface area (Å²) in [6, 6.07) is 19.4. The molecule has 2 heterocycles. The summed E-state index contributed by atoms with van der Waals surface area (Å²) in [7, 11) is -3.73. The molecule has 11 heteroatoms. The predicted octanol–water partition coefficient (Wildman–Crippen LogP) is 5.11. The number of hydrazine groups is 1. The van der Waals surface area contributed by atoms with Crippen molar-refractivity contribution in [2.75, 3.05) is 29.1 Å². The van der Waals surface area contributed by atoms with Gasteiger partial charge in [0.05, 0.1) is 28.2 Å². The molecular formula is C33H37FN6O3S. The SMILES string of the molecule is CCN(N)c1ccc(C(CC(=O)Nc2cccnc2)c2ccc(C)c(CN3CCCc4ccccc4S3(=O)=O)c2)c(F)c1N. The topological polar surface area (TPSA) is 135 Å². The quantitative estimate of drug-likeness (QED) is 0.135. The van der Waals surface area contributed by atoms with Gasteiger partial charge < -0.3 is 16.1 Å². The molecule has 1 aliphatic heterocycles. The third-order valence-electron chi connectivity index (χ3n) is 8.11. The third-order valence-corrected chi connectivity index (χ3v) is 10.1. The molecule has 3 aromatic carbocycles. The van der Waals surface area contributed by atoms with Gasteiger partial charge in [-0.3, -0.25) is 9.78 Å². The molecule has 0 radical (unpaired) electrons. The molecule has 0 spiro atoms. The van der Waals surface area contributed by atoms with Crippen LogP contribution < -0.4 is 21.9 Å². The number of halogens is 1. The fourth-order valence-electron chi connectivity index (χ4n) is 5.63. The maximum absolute atomic E-state index is 16.0. The van der Waals surface area contributed by atoms with Crippen molar-refractivity contribution >= 4 is 33.0 Å². The molecule has 5 N–H and O–H groups in total. The van der Waals surface area contributed by atoms with Gasteiger partial charge in [0.25, 0.3) is 0 Å². The molecule has 1 aliphatic rings. The molecule has 0 saturated heterocycles. The standard InChI is InChI=1S/C33H37FN6O3S/c1-3-40(36)29-15-14-27(32(34)33(29)35)28(19-31(41)38-26-10-6-16-37-20-26)24-13-12-22(2)25(18-24)21-39-17-7-9-23-8-4-5-11-30(23)44(39,42)43/h4-6,8,10-16,18,20,28H,3,7,9,17,19,21,35-36H2,1-2H3,(H,38,41). The van der Waals surface area contributed by atoms with Crippen LogP contribution in [0.1, 0.15) is 53.5 Å². The lowest BCUT2D eigenvalue weighted by Crippen LogP contribution is -2.31. The zero-order valence-electron chi connectivity index (χ0n) is 24.8. The van der Waals surface area contributed by atoms with Crippen molar-refractivity contribution in [2.45, 2.75) is 50.5 Å². The number of amides is 1. The average molecular weight is 617 g/mol. The second kappa shape index (κ2) is 13.1. The Labute approximate surface area is 257 Å². The van der Waals surface area contributed by atoms with E-state index in [9.17, 15) is 13.2 Å². The van der Waals surface area contributed by atoms with Crippen LogP contribution in [-0.2, 0) is 27.8 Å². The van der Waals surface area contributed by atoms with Gasteiger partial charge in [-0.05, 0) is 78.8 Å². The van der Waals surface area contributed by atoms with E-state index in [1.807, 2.05) is 44.2 Å². The molecular weight excluding hydrogens is 579 g/mol. The van der Waals surface area contributed by atoms with Crippen molar-refractivity contribution < 1.29 is 17.6 Å². The summed E-state index contributed by atoms with van der Waals surface area (Å²) >= 11 is 0. The summed E-state index contributed by atoms with van der Waals surface area (Å²) in [5.74, 6) is 4.30. The molecule has 1 amide bonds. The molecule has 0 bridgehead atoms. The average Bonchev–Trinajstić information content (AvgIpc) is 3.14. The van der Waals surface area contributed by atoms with E-state index in [0.29, 0.717) is 47.8 Å². The monoisotopic (exact) mass is 616 g/mol. The second-order valence-corrected chi connectivity index (χ2v) is 12.9. The Bertz CT molecular complexity index is 1770. The van der Waals surface area contributed by atoms with Crippen LogP contribution in [0.2, 0.25) is 0 Å². The number of hydrogen-bond acceptors (Lipinski definition) is 7. The van der Waals surface area contributed by atoms with Crippen LogP contribution in [0.4, 0.5) is 21.5 Å².